The van der Waals surface area contributed by atoms with Crippen LogP contribution in [0.15, 0.2) is 24.3 Å². The van der Waals surface area contributed by atoms with Crippen molar-refractivity contribution in [3.8, 4) is 5.75 Å². The van der Waals surface area contributed by atoms with Gasteiger partial charge in [0.05, 0.1) is 6.10 Å². The molecule has 0 bridgehead atoms. The molecule has 1 aromatic carbocycles. The molecule has 1 fully saturated rings. The van der Waals surface area contributed by atoms with Crippen LogP contribution < -0.4 is 4.74 Å². The average molecular weight is 262 g/mol. The minimum atomic E-state index is -0.373. The molecule has 0 spiro atoms. The monoisotopic (exact) mass is 262 g/mol. The second kappa shape index (κ2) is 5.54. The molecule has 1 saturated carbocycles. The van der Waals surface area contributed by atoms with Crippen LogP contribution in [0.1, 0.15) is 58.4 Å². The molecule has 0 radical (unpaired) electrons. The smallest absolute Gasteiger partial charge is 0.125 e. The van der Waals surface area contributed by atoms with E-state index in [1.807, 2.05) is 12.1 Å². The van der Waals surface area contributed by atoms with Crippen LogP contribution in [0.2, 0.25) is 0 Å². The van der Waals surface area contributed by atoms with Crippen LogP contribution in [-0.4, -0.2) is 17.3 Å². The van der Waals surface area contributed by atoms with Gasteiger partial charge >= 0.3 is 0 Å². The first-order valence-electron chi connectivity index (χ1n) is 7.38. The number of ether oxygens (including phenoxy) is 1. The summed E-state index contributed by atoms with van der Waals surface area (Å²) in [4.78, 5) is 0. The third-order valence-electron chi connectivity index (χ3n) is 4.57. The molecule has 0 amide bonds. The summed E-state index contributed by atoms with van der Waals surface area (Å²) in [5, 5.41) is 10.2. The van der Waals surface area contributed by atoms with Crippen LogP contribution in [0.25, 0.3) is 0 Å². The molecule has 2 rings (SSSR count). The predicted octanol–water partition coefficient (Wildman–Crippen LogP) is 4.13. The molecular weight excluding hydrogens is 236 g/mol. The maximum atomic E-state index is 10.2. The predicted molar refractivity (Wildman–Crippen MR) is 78.6 cm³/mol. The van der Waals surface area contributed by atoms with Crippen molar-refractivity contribution >= 4 is 0 Å². The summed E-state index contributed by atoms with van der Waals surface area (Å²) in [5.41, 5.74) is 1.32. The lowest BCUT2D eigenvalue weighted by Crippen LogP contribution is -2.34. The summed E-state index contributed by atoms with van der Waals surface area (Å²) in [6.07, 6.45) is 2.66. The molecule has 19 heavy (non-hydrogen) atoms. The molecule has 106 valence electrons. The van der Waals surface area contributed by atoms with E-state index < -0.39 is 0 Å². The topological polar surface area (TPSA) is 29.5 Å². The first-order chi connectivity index (χ1) is 8.94. The van der Waals surface area contributed by atoms with E-state index in [2.05, 4.69) is 39.8 Å². The zero-order valence-corrected chi connectivity index (χ0v) is 12.5. The summed E-state index contributed by atoms with van der Waals surface area (Å²) < 4.78 is 5.94. The van der Waals surface area contributed by atoms with Crippen LogP contribution >= 0.6 is 0 Å². The number of aliphatic hydroxyl groups excluding tert-OH is 1. The summed E-state index contributed by atoms with van der Waals surface area (Å²) in [5.74, 6) is 1.46. The van der Waals surface area contributed by atoms with Gasteiger partial charge in [-0.2, -0.15) is 0 Å². The molecule has 0 saturated heterocycles. The van der Waals surface area contributed by atoms with Gasteiger partial charge in [-0.3, -0.25) is 0 Å². The second-order valence-corrected chi connectivity index (χ2v) is 6.51. The molecule has 1 aliphatic carbocycles. The van der Waals surface area contributed by atoms with Crippen LogP contribution in [0.3, 0.4) is 0 Å². The molecule has 3 atom stereocenters. The van der Waals surface area contributed by atoms with Crippen LogP contribution in [0, 0.1) is 5.41 Å². The van der Waals surface area contributed by atoms with E-state index in [0.717, 1.165) is 25.0 Å². The lowest BCUT2D eigenvalue weighted by atomic mass is 9.89. The average Bonchev–Trinajstić information content (AvgIpc) is 2.66. The largest absolute Gasteiger partial charge is 0.488 e. The van der Waals surface area contributed by atoms with Gasteiger partial charge in [0, 0.05) is 0 Å². The lowest BCUT2D eigenvalue weighted by molar-refractivity contribution is 0.00492. The van der Waals surface area contributed by atoms with Gasteiger partial charge in [0.2, 0.25) is 0 Å². The Hall–Kier alpha value is -1.02. The second-order valence-electron chi connectivity index (χ2n) is 6.51. The molecule has 2 heteroatoms. The number of rotatable bonds is 4. The van der Waals surface area contributed by atoms with Crippen molar-refractivity contribution in [2.24, 2.45) is 5.41 Å². The van der Waals surface area contributed by atoms with Crippen molar-refractivity contribution in [2.45, 2.75) is 65.1 Å². The van der Waals surface area contributed by atoms with E-state index in [1.165, 1.54) is 5.56 Å². The highest BCUT2D eigenvalue weighted by molar-refractivity contribution is 5.29. The SMILES string of the molecule is CCC(C)c1ccc(OC2CCC(C)(C)C2O)cc1. The zero-order valence-electron chi connectivity index (χ0n) is 12.5. The third-order valence-corrected chi connectivity index (χ3v) is 4.57. The molecular formula is C17H26O2. The Bertz CT molecular complexity index is 408. The van der Waals surface area contributed by atoms with Crippen LogP contribution in [-0.2, 0) is 0 Å². The number of aliphatic hydroxyl groups is 1. The van der Waals surface area contributed by atoms with Gasteiger partial charge in [-0.25, -0.2) is 0 Å². The molecule has 0 aromatic heterocycles. The number of benzene rings is 1. The fraction of sp³-hybridized carbons (Fsp3) is 0.647. The van der Waals surface area contributed by atoms with E-state index in [4.69, 9.17) is 4.74 Å². The third kappa shape index (κ3) is 3.11. The van der Waals surface area contributed by atoms with Crippen molar-refractivity contribution in [3.63, 3.8) is 0 Å². The first kappa shape index (κ1) is 14.4. The quantitative estimate of drug-likeness (QED) is 0.884. The standard InChI is InChI=1S/C17H26O2/c1-5-12(2)13-6-8-14(9-7-13)19-15-10-11-17(3,4)16(15)18/h6-9,12,15-16,18H,5,10-11H2,1-4H3. The van der Waals surface area contributed by atoms with Crippen molar-refractivity contribution < 1.29 is 9.84 Å². The maximum absolute atomic E-state index is 10.2. The van der Waals surface area contributed by atoms with E-state index >= 15 is 0 Å². The molecule has 1 N–H and O–H groups in total. The van der Waals surface area contributed by atoms with Gasteiger partial charge in [0.1, 0.15) is 11.9 Å². The number of hydrogen-bond acceptors (Lipinski definition) is 2. The minimum absolute atomic E-state index is 0.0265. The Morgan fingerprint density at radius 1 is 1.32 bits per heavy atom. The molecule has 3 unspecified atom stereocenters. The molecule has 1 aromatic rings. The van der Waals surface area contributed by atoms with E-state index in [0.29, 0.717) is 5.92 Å². The maximum Gasteiger partial charge on any atom is 0.125 e. The Morgan fingerprint density at radius 3 is 2.42 bits per heavy atom. The highest BCUT2D eigenvalue weighted by Gasteiger charge is 2.42. The fourth-order valence-corrected chi connectivity index (χ4v) is 2.73. The van der Waals surface area contributed by atoms with Gasteiger partial charge in [0.15, 0.2) is 0 Å². The highest BCUT2D eigenvalue weighted by Crippen LogP contribution is 2.39. The minimum Gasteiger partial charge on any atom is -0.488 e. The van der Waals surface area contributed by atoms with E-state index in [1.54, 1.807) is 0 Å². The van der Waals surface area contributed by atoms with Crippen molar-refractivity contribution in [3.05, 3.63) is 29.8 Å². The van der Waals surface area contributed by atoms with Gasteiger partial charge < -0.3 is 9.84 Å². The highest BCUT2D eigenvalue weighted by atomic mass is 16.5. The number of hydrogen-bond donors (Lipinski definition) is 1. The summed E-state index contributed by atoms with van der Waals surface area (Å²) in [6.45, 7) is 8.64. The van der Waals surface area contributed by atoms with E-state index in [-0.39, 0.29) is 17.6 Å². The lowest BCUT2D eigenvalue weighted by Gasteiger charge is -2.25. The van der Waals surface area contributed by atoms with Crippen LogP contribution in [0.4, 0.5) is 0 Å². The fourth-order valence-electron chi connectivity index (χ4n) is 2.73. The molecule has 1 aliphatic rings. The van der Waals surface area contributed by atoms with Crippen molar-refractivity contribution in [2.75, 3.05) is 0 Å². The Kier molecular flexibility index (Phi) is 4.19. The normalized spacial score (nSPS) is 27.2. The summed E-state index contributed by atoms with van der Waals surface area (Å²) in [6, 6.07) is 8.32. The van der Waals surface area contributed by atoms with Gasteiger partial charge in [0.25, 0.3) is 0 Å². The molecule has 2 nitrogen and oxygen atoms in total. The van der Waals surface area contributed by atoms with Gasteiger partial charge in [-0.05, 0) is 48.3 Å². The molecule has 0 aliphatic heterocycles. The van der Waals surface area contributed by atoms with Crippen molar-refractivity contribution in [1.29, 1.82) is 0 Å². The first-order valence-corrected chi connectivity index (χ1v) is 7.38. The van der Waals surface area contributed by atoms with Crippen LogP contribution in [0.5, 0.6) is 5.75 Å². The Labute approximate surface area is 116 Å². The summed E-state index contributed by atoms with van der Waals surface area (Å²) in [7, 11) is 0. The molecule has 0 heterocycles. The zero-order chi connectivity index (χ0) is 14.0. The Balaban J connectivity index is 2.01. The Morgan fingerprint density at radius 2 is 1.95 bits per heavy atom. The van der Waals surface area contributed by atoms with Crippen molar-refractivity contribution in [1.82, 2.24) is 0 Å². The summed E-state index contributed by atoms with van der Waals surface area (Å²) >= 11 is 0. The van der Waals surface area contributed by atoms with E-state index in [9.17, 15) is 5.11 Å². The van der Waals surface area contributed by atoms with Gasteiger partial charge in [-0.15, -0.1) is 0 Å². The van der Waals surface area contributed by atoms with Gasteiger partial charge in [-0.1, -0.05) is 39.8 Å².